The van der Waals surface area contributed by atoms with Crippen molar-refractivity contribution in [3.63, 3.8) is 0 Å². The minimum absolute atomic E-state index is 0.0471. The van der Waals surface area contributed by atoms with Crippen molar-refractivity contribution in [2.24, 2.45) is 5.73 Å². The summed E-state index contributed by atoms with van der Waals surface area (Å²) in [6, 6.07) is 17.0. The van der Waals surface area contributed by atoms with Gasteiger partial charge in [0.1, 0.15) is 5.75 Å². The van der Waals surface area contributed by atoms with Gasteiger partial charge in [0.05, 0.1) is 18.2 Å². The predicted octanol–water partition coefficient (Wildman–Crippen LogP) is 3.07. The number of nitriles is 1. The molecule has 0 saturated carbocycles. The number of amides is 1. The van der Waals surface area contributed by atoms with Crippen LogP contribution in [0.1, 0.15) is 35.8 Å². The van der Waals surface area contributed by atoms with Crippen LogP contribution in [0.25, 0.3) is 0 Å². The normalized spacial score (nSPS) is 15.3. The fourth-order valence-electron chi connectivity index (χ4n) is 3.80. The van der Waals surface area contributed by atoms with E-state index < -0.39 is 5.91 Å². The number of rotatable bonds is 8. The van der Waals surface area contributed by atoms with E-state index in [9.17, 15) is 4.79 Å². The summed E-state index contributed by atoms with van der Waals surface area (Å²) in [6.07, 6.45) is 1.96. The highest BCUT2D eigenvalue weighted by molar-refractivity contribution is 5.96. The lowest BCUT2D eigenvalue weighted by atomic mass is 10.1. The summed E-state index contributed by atoms with van der Waals surface area (Å²) in [4.78, 5) is 18.5. The molecule has 2 heterocycles. The summed E-state index contributed by atoms with van der Waals surface area (Å²) in [6.45, 7) is 4.05. The molecule has 1 atom stereocenters. The first-order valence-corrected chi connectivity index (χ1v) is 11.1. The van der Waals surface area contributed by atoms with E-state index in [1.54, 1.807) is 24.3 Å². The molecule has 0 unspecified atom stereocenters. The molecule has 3 aromatic rings. The lowest BCUT2D eigenvalue weighted by Crippen LogP contribution is -2.43. The number of carbonyl (C=O) groups excluding carboxylic acids is 1. The first kappa shape index (κ1) is 22.8. The molecule has 10 nitrogen and oxygen atoms in total. The van der Waals surface area contributed by atoms with Crippen LogP contribution in [0.4, 0.5) is 23.1 Å². The number of benzene rings is 2. The molecule has 174 valence electrons. The number of nitrogens with one attached hydrogen (secondary N) is 2. The molecule has 1 fully saturated rings. The number of nitrogens with two attached hydrogens (primary N) is 1. The van der Waals surface area contributed by atoms with Crippen molar-refractivity contribution in [2.75, 3.05) is 35.2 Å². The van der Waals surface area contributed by atoms with Crippen LogP contribution >= 0.6 is 0 Å². The standard InChI is InChI=1S/C24H26N8O2/c1-2-34-20-11-9-17(10-12-20)27-19-4-3-13-32(15-19)24-29-23(21(22(26)33)30-31-24)28-18-7-5-16(14-25)6-8-18/h5-12,19,27H,2-4,13,15H2,1H3,(H2,26,33)(H,28,29,31)/t19-/m1/s1. The van der Waals surface area contributed by atoms with Gasteiger partial charge in [0, 0.05) is 30.5 Å². The molecule has 1 aliphatic heterocycles. The van der Waals surface area contributed by atoms with Gasteiger partial charge in [0.25, 0.3) is 5.91 Å². The van der Waals surface area contributed by atoms with Crippen LogP contribution in [0.2, 0.25) is 0 Å². The molecule has 0 aliphatic carbocycles. The Balaban J connectivity index is 1.49. The molecule has 2 aromatic carbocycles. The van der Waals surface area contributed by atoms with E-state index in [1.807, 2.05) is 36.1 Å². The molecule has 1 saturated heterocycles. The van der Waals surface area contributed by atoms with Gasteiger partial charge in [-0.1, -0.05) is 0 Å². The van der Waals surface area contributed by atoms with Gasteiger partial charge in [-0.2, -0.15) is 10.2 Å². The van der Waals surface area contributed by atoms with Crippen LogP contribution in [0.5, 0.6) is 5.75 Å². The third-order valence-electron chi connectivity index (χ3n) is 5.43. The third kappa shape index (κ3) is 5.50. The van der Waals surface area contributed by atoms with Crippen LogP contribution in [0, 0.1) is 11.3 Å². The SMILES string of the molecule is CCOc1ccc(N[C@@H]2CCCN(c3nnc(C(N)=O)c(Nc4ccc(C#N)cc4)n3)C2)cc1. The largest absolute Gasteiger partial charge is 0.494 e. The molecule has 0 spiro atoms. The summed E-state index contributed by atoms with van der Waals surface area (Å²) in [5, 5.41) is 23.8. The van der Waals surface area contributed by atoms with Crippen molar-refractivity contribution in [3.05, 3.63) is 59.8 Å². The number of anilines is 4. The summed E-state index contributed by atoms with van der Waals surface area (Å²) in [7, 11) is 0. The Bertz CT molecular complexity index is 1180. The molecule has 10 heteroatoms. The number of ether oxygens (including phenoxy) is 1. The summed E-state index contributed by atoms with van der Waals surface area (Å²) >= 11 is 0. The zero-order chi connectivity index (χ0) is 23.9. The fourth-order valence-corrected chi connectivity index (χ4v) is 3.80. The predicted molar refractivity (Wildman–Crippen MR) is 129 cm³/mol. The highest BCUT2D eigenvalue weighted by Gasteiger charge is 2.24. The topological polar surface area (TPSA) is 142 Å². The van der Waals surface area contributed by atoms with Gasteiger partial charge < -0.3 is 26.0 Å². The van der Waals surface area contributed by atoms with Crippen molar-refractivity contribution in [1.29, 1.82) is 5.26 Å². The Morgan fingerprint density at radius 2 is 1.91 bits per heavy atom. The Labute approximate surface area is 197 Å². The van der Waals surface area contributed by atoms with E-state index in [0.717, 1.165) is 30.8 Å². The number of hydrogen-bond acceptors (Lipinski definition) is 9. The Hall–Kier alpha value is -4.39. The van der Waals surface area contributed by atoms with Crippen LogP contribution in [0.3, 0.4) is 0 Å². The minimum Gasteiger partial charge on any atom is -0.494 e. The minimum atomic E-state index is -0.726. The molecule has 34 heavy (non-hydrogen) atoms. The summed E-state index contributed by atoms with van der Waals surface area (Å²) < 4.78 is 5.50. The number of carbonyl (C=O) groups is 1. The van der Waals surface area contributed by atoms with Gasteiger partial charge >= 0.3 is 0 Å². The number of piperidine rings is 1. The highest BCUT2D eigenvalue weighted by Crippen LogP contribution is 2.24. The highest BCUT2D eigenvalue weighted by atomic mass is 16.5. The molecule has 4 N–H and O–H groups in total. The van der Waals surface area contributed by atoms with Gasteiger partial charge in [-0.15, -0.1) is 10.2 Å². The van der Waals surface area contributed by atoms with E-state index in [2.05, 4.69) is 31.9 Å². The molecule has 0 radical (unpaired) electrons. The van der Waals surface area contributed by atoms with E-state index in [4.69, 9.17) is 15.7 Å². The maximum atomic E-state index is 11.9. The maximum Gasteiger partial charge on any atom is 0.273 e. The number of hydrogen-bond donors (Lipinski definition) is 3. The van der Waals surface area contributed by atoms with Gasteiger partial charge in [-0.05, 0) is 68.3 Å². The zero-order valence-corrected chi connectivity index (χ0v) is 18.9. The Morgan fingerprint density at radius 3 is 2.59 bits per heavy atom. The second kappa shape index (κ2) is 10.5. The number of aromatic nitrogens is 3. The third-order valence-corrected chi connectivity index (χ3v) is 5.43. The Morgan fingerprint density at radius 1 is 1.18 bits per heavy atom. The lowest BCUT2D eigenvalue weighted by molar-refractivity contribution is 0.0995. The van der Waals surface area contributed by atoms with Crippen molar-refractivity contribution in [2.45, 2.75) is 25.8 Å². The van der Waals surface area contributed by atoms with Gasteiger partial charge in [-0.25, -0.2) is 0 Å². The first-order chi connectivity index (χ1) is 16.6. The number of primary amides is 1. The zero-order valence-electron chi connectivity index (χ0n) is 18.9. The smallest absolute Gasteiger partial charge is 0.273 e. The van der Waals surface area contributed by atoms with Crippen molar-refractivity contribution in [3.8, 4) is 11.8 Å². The van der Waals surface area contributed by atoms with Gasteiger partial charge in [0.2, 0.25) is 5.95 Å². The molecule has 1 aliphatic rings. The second-order valence-corrected chi connectivity index (χ2v) is 7.87. The second-order valence-electron chi connectivity index (χ2n) is 7.87. The average Bonchev–Trinajstić information content (AvgIpc) is 2.86. The molecular formula is C24H26N8O2. The van der Waals surface area contributed by atoms with Crippen LogP contribution in [-0.2, 0) is 0 Å². The van der Waals surface area contributed by atoms with Crippen LogP contribution in [0.15, 0.2) is 48.5 Å². The molecule has 1 amide bonds. The van der Waals surface area contributed by atoms with E-state index in [1.165, 1.54) is 0 Å². The summed E-state index contributed by atoms with van der Waals surface area (Å²) in [5.41, 5.74) is 7.63. The van der Waals surface area contributed by atoms with Gasteiger partial charge in [-0.3, -0.25) is 4.79 Å². The van der Waals surface area contributed by atoms with Crippen LogP contribution < -0.4 is 26.0 Å². The van der Waals surface area contributed by atoms with Crippen molar-refractivity contribution >= 4 is 29.0 Å². The average molecular weight is 459 g/mol. The summed E-state index contributed by atoms with van der Waals surface area (Å²) in [5.74, 6) is 0.758. The fraction of sp³-hybridized carbons (Fsp3) is 0.292. The maximum absolute atomic E-state index is 11.9. The van der Waals surface area contributed by atoms with Crippen molar-refractivity contribution < 1.29 is 9.53 Å². The number of nitrogens with zero attached hydrogens (tertiary/aromatic N) is 5. The van der Waals surface area contributed by atoms with E-state index in [0.29, 0.717) is 30.4 Å². The first-order valence-electron chi connectivity index (χ1n) is 11.1. The monoisotopic (exact) mass is 458 g/mol. The molecule has 0 bridgehead atoms. The van der Waals surface area contributed by atoms with Gasteiger partial charge in [0.15, 0.2) is 11.5 Å². The van der Waals surface area contributed by atoms with E-state index >= 15 is 0 Å². The van der Waals surface area contributed by atoms with Crippen molar-refractivity contribution in [1.82, 2.24) is 15.2 Å². The van der Waals surface area contributed by atoms with E-state index in [-0.39, 0.29) is 17.6 Å². The van der Waals surface area contributed by atoms with Crippen LogP contribution in [-0.4, -0.2) is 46.8 Å². The molecule has 4 rings (SSSR count). The molecule has 1 aromatic heterocycles. The quantitative estimate of drug-likeness (QED) is 0.464. The lowest BCUT2D eigenvalue weighted by Gasteiger charge is -2.33. The Kier molecular flexibility index (Phi) is 7.03. The molecular weight excluding hydrogens is 432 g/mol.